The second-order valence-electron chi connectivity index (χ2n) is 5.50. The van der Waals surface area contributed by atoms with Gasteiger partial charge in [-0.05, 0) is 32.3 Å². The maximum absolute atomic E-state index is 12.5. The van der Waals surface area contributed by atoms with E-state index in [1.807, 2.05) is 18.7 Å². The van der Waals surface area contributed by atoms with Crippen molar-refractivity contribution < 1.29 is 4.79 Å². The van der Waals surface area contributed by atoms with Crippen molar-refractivity contribution in [2.45, 2.75) is 39.0 Å². The molecule has 3 heteroatoms. The van der Waals surface area contributed by atoms with Gasteiger partial charge in [-0.15, -0.1) is 0 Å². The standard InChI is InChI=1S/C17H26N2O/c1-3-18(4-2)17(20)19-13-9-8-12-16(14-19)15-10-6-5-7-11-15/h5-7,10-11,16H,3-4,8-9,12-14H2,1-2H3. The molecule has 1 aromatic rings. The van der Waals surface area contributed by atoms with Gasteiger partial charge in [-0.1, -0.05) is 36.8 Å². The highest BCUT2D eigenvalue weighted by molar-refractivity contribution is 5.74. The summed E-state index contributed by atoms with van der Waals surface area (Å²) in [6.45, 7) is 7.45. The Bertz CT molecular complexity index is 414. The molecule has 2 rings (SSSR count). The van der Waals surface area contributed by atoms with Crippen LogP contribution >= 0.6 is 0 Å². The van der Waals surface area contributed by atoms with Gasteiger partial charge in [0.25, 0.3) is 0 Å². The first-order chi connectivity index (χ1) is 9.76. The molecular formula is C17H26N2O. The predicted octanol–water partition coefficient (Wildman–Crippen LogP) is 3.72. The summed E-state index contributed by atoms with van der Waals surface area (Å²) in [6.07, 6.45) is 3.52. The number of amides is 2. The van der Waals surface area contributed by atoms with Crippen molar-refractivity contribution in [1.82, 2.24) is 9.80 Å². The van der Waals surface area contributed by atoms with Gasteiger partial charge in [-0.3, -0.25) is 0 Å². The summed E-state index contributed by atoms with van der Waals surface area (Å²) >= 11 is 0. The molecule has 1 aromatic carbocycles. The van der Waals surface area contributed by atoms with Gasteiger partial charge in [0.15, 0.2) is 0 Å². The summed E-state index contributed by atoms with van der Waals surface area (Å²) in [5.41, 5.74) is 1.37. The Balaban J connectivity index is 2.09. The van der Waals surface area contributed by atoms with E-state index in [0.29, 0.717) is 5.92 Å². The molecule has 1 heterocycles. The topological polar surface area (TPSA) is 23.6 Å². The second-order valence-corrected chi connectivity index (χ2v) is 5.50. The number of rotatable bonds is 3. The molecule has 0 radical (unpaired) electrons. The van der Waals surface area contributed by atoms with Crippen molar-refractivity contribution in [1.29, 1.82) is 0 Å². The molecule has 1 aliphatic rings. The lowest BCUT2D eigenvalue weighted by Crippen LogP contribution is -2.44. The van der Waals surface area contributed by atoms with Crippen molar-refractivity contribution in [3.8, 4) is 0 Å². The van der Waals surface area contributed by atoms with Crippen molar-refractivity contribution in [2.75, 3.05) is 26.2 Å². The van der Waals surface area contributed by atoms with Crippen LogP contribution in [0.5, 0.6) is 0 Å². The molecule has 2 amide bonds. The first kappa shape index (κ1) is 14.9. The van der Waals surface area contributed by atoms with Gasteiger partial charge in [0.2, 0.25) is 0 Å². The van der Waals surface area contributed by atoms with Crippen LogP contribution in [-0.2, 0) is 0 Å². The lowest BCUT2D eigenvalue weighted by atomic mass is 9.94. The third-order valence-electron chi connectivity index (χ3n) is 4.25. The fourth-order valence-corrected chi connectivity index (χ4v) is 3.01. The lowest BCUT2D eigenvalue weighted by molar-refractivity contribution is 0.157. The van der Waals surface area contributed by atoms with Crippen LogP contribution in [0.4, 0.5) is 4.79 Å². The third-order valence-corrected chi connectivity index (χ3v) is 4.25. The van der Waals surface area contributed by atoms with Gasteiger partial charge in [-0.2, -0.15) is 0 Å². The first-order valence-corrected chi connectivity index (χ1v) is 7.85. The van der Waals surface area contributed by atoms with Crippen molar-refractivity contribution in [2.24, 2.45) is 0 Å². The van der Waals surface area contributed by atoms with Crippen molar-refractivity contribution in [3.63, 3.8) is 0 Å². The predicted molar refractivity (Wildman–Crippen MR) is 82.9 cm³/mol. The van der Waals surface area contributed by atoms with Crippen molar-refractivity contribution >= 4 is 6.03 Å². The molecule has 1 fully saturated rings. The number of carbonyl (C=O) groups excluding carboxylic acids is 1. The molecule has 1 unspecified atom stereocenters. The molecule has 0 saturated carbocycles. The second kappa shape index (κ2) is 7.32. The molecule has 0 bridgehead atoms. The number of likely N-dealkylation sites (tertiary alicyclic amines) is 1. The number of benzene rings is 1. The molecular weight excluding hydrogens is 248 g/mol. The van der Waals surface area contributed by atoms with Gasteiger partial charge in [0, 0.05) is 32.1 Å². The largest absolute Gasteiger partial charge is 0.325 e. The summed E-state index contributed by atoms with van der Waals surface area (Å²) < 4.78 is 0. The van der Waals surface area contributed by atoms with E-state index in [-0.39, 0.29) is 6.03 Å². The smallest absolute Gasteiger partial charge is 0.319 e. The molecule has 1 aliphatic heterocycles. The van der Waals surface area contributed by atoms with E-state index in [1.165, 1.54) is 18.4 Å². The summed E-state index contributed by atoms with van der Waals surface area (Å²) in [5.74, 6) is 0.484. The maximum Gasteiger partial charge on any atom is 0.319 e. The van der Waals surface area contributed by atoms with E-state index >= 15 is 0 Å². The van der Waals surface area contributed by atoms with Gasteiger partial charge in [-0.25, -0.2) is 4.79 Å². The summed E-state index contributed by atoms with van der Waals surface area (Å²) in [5, 5.41) is 0. The first-order valence-electron chi connectivity index (χ1n) is 7.85. The Morgan fingerprint density at radius 2 is 1.90 bits per heavy atom. The molecule has 1 saturated heterocycles. The fourth-order valence-electron chi connectivity index (χ4n) is 3.01. The van der Waals surface area contributed by atoms with Crippen LogP contribution in [0.2, 0.25) is 0 Å². The Morgan fingerprint density at radius 1 is 1.20 bits per heavy atom. The van der Waals surface area contributed by atoms with E-state index in [1.54, 1.807) is 0 Å². The minimum Gasteiger partial charge on any atom is -0.325 e. The molecule has 110 valence electrons. The summed E-state index contributed by atoms with van der Waals surface area (Å²) in [7, 11) is 0. The van der Waals surface area contributed by atoms with Crippen LogP contribution in [0.15, 0.2) is 30.3 Å². The molecule has 3 nitrogen and oxygen atoms in total. The van der Waals surface area contributed by atoms with Crippen molar-refractivity contribution in [3.05, 3.63) is 35.9 Å². The van der Waals surface area contributed by atoms with E-state index in [9.17, 15) is 4.79 Å². The SMILES string of the molecule is CCN(CC)C(=O)N1CCCCC(c2ccccc2)C1. The van der Waals surface area contributed by atoms with Gasteiger partial charge in [0.1, 0.15) is 0 Å². The van der Waals surface area contributed by atoms with Gasteiger partial charge in [0.05, 0.1) is 0 Å². The Kier molecular flexibility index (Phi) is 5.45. The molecule has 0 spiro atoms. The highest BCUT2D eigenvalue weighted by Gasteiger charge is 2.25. The number of hydrogen-bond donors (Lipinski definition) is 0. The van der Waals surface area contributed by atoms with Gasteiger partial charge >= 0.3 is 6.03 Å². The molecule has 20 heavy (non-hydrogen) atoms. The van der Waals surface area contributed by atoms with E-state index in [4.69, 9.17) is 0 Å². The third kappa shape index (κ3) is 3.53. The quantitative estimate of drug-likeness (QED) is 0.824. The zero-order valence-electron chi connectivity index (χ0n) is 12.7. The monoisotopic (exact) mass is 274 g/mol. The molecule has 0 aromatic heterocycles. The van der Waals surface area contributed by atoms with Crippen LogP contribution in [0.3, 0.4) is 0 Å². The number of nitrogens with zero attached hydrogens (tertiary/aromatic N) is 2. The van der Waals surface area contributed by atoms with Crippen LogP contribution < -0.4 is 0 Å². The zero-order chi connectivity index (χ0) is 14.4. The number of carbonyl (C=O) groups is 1. The molecule has 0 N–H and O–H groups in total. The summed E-state index contributed by atoms with van der Waals surface area (Å²) in [6, 6.07) is 10.8. The maximum atomic E-state index is 12.5. The molecule has 1 atom stereocenters. The lowest BCUT2D eigenvalue weighted by Gasteiger charge is -2.30. The molecule has 0 aliphatic carbocycles. The average Bonchev–Trinajstić information content (AvgIpc) is 2.75. The Labute approximate surface area is 122 Å². The van der Waals surface area contributed by atoms with E-state index < -0.39 is 0 Å². The average molecular weight is 274 g/mol. The highest BCUT2D eigenvalue weighted by atomic mass is 16.2. The highest BCUT2D eigenvalue weighted by Crippen LogP contribution is 2.26. The van der Waals surface area contributed by atoms with Crippen LogP contribution in [0.25, 0.3) is 0 Å². The number of hydrogen-bond acceptors (Lipinski definition) is 1. The normalized spacial score (nSPS) is 19.5. The van der Waals surface area contributed by atoms with E-state index in [0.717, 1.165) is 32.6 Å². The minimum absolute atomic E-state index is 0.206. The number of urea groups is 1. The van der Waals surface area contributed by atoms with Gasteiger partial charge < -0.3 is 9.80 Å². The van der Waals surface area contributed by atoms with Crippen LogP contribution in [0.1, 0.15) is 44.6 Å². The Morgan fingerprint density at radius 3 is 2.55 bits per heavy atom. The van der Waals surface area contributed by atoms with E-state index in [2.05, 4.69) is 35.2 Å². The minimum atomic E-state index is 0.206. The van der Waals surface area contributed by atoms with Crippen LogP contribution in [0, 0.1) is 0 Å². The fraction of sp³-hybridized carbons (Fsp3) is 0.588. The van der Waals surface area contributed by atoms with Crippen LogP contribution in [-0.4, -0.2) is 42.0 Å². The Hall–Kier alpha value is -1.51. The zero-order valence-corrected chi connectivity index (χ0v) is 12.7. The summed E-state index contributed by atoms with van der Waals surface area (Å²) in [4.78, 5) is 16.5.